The largest absolute Gasteiger partial charge is 0.489 e. The summed E-state index contributed by atoms with van der Waals surface area (Å²) in [5, 5.41) is 29.2. The van der Waals surface area contributed by atoms with Gasteiger partial charge in [-0.3, -0.25) is 0 Å². The van der Waals surface area contributed by atoms with Gasteiger partial charge in [-0.25, -0.2) is 0 Å². The highest BCUT2D eigenvalue weighted by atomic mass is 16.4. The van der Waals surface area contributed by atoms with Crippen molar-refractivity contribution in [1.29, 1.82) is 0 Å². The Morgan fingerprint density at radius 1 is 1.07 bits per heavy atom. The summed E-state index contributed by atoms with van der Waals surface area (Å²) in [4.78, 5) is 0. The van der Waals surface area contributed by atoms with Gasteiger partial charge >= 0.3 is 7.12 Å². The molecule has 3 N–H and O–H groups in total. The van der Waals surface area contributed by atoms with Crippen molar-refractivity contribution in [1.82, 2.24) is 0 Å². The number of aliphatic hydroxyl groups excluding tert-OH is 1. The summed E-state index contributed by atoms with van der Waals surface area (Å²) in [5.41, 5.74) is 1.11. The van der Waals surface area contributed by atoms with Crippen LogP contribution in [0.25, 0.3) is 10.8 Å². The third-order valence-corrected chi connectivity index (χ3v) is 2.41. The molecule has 0 unspecified atom stereocenters. The zero-order chi connectivity index (χ0) is 10.8. The Morgan fingerprint density at radius 3 is 2.47 bits per heavy atom. The average Bonchev–Trinajstić information content (AvgIpc) is 2.27. The number of benzene rings is 2. The van der Waals surface area contributed by atoms with Crippen LogP contribution in [0.2, 0.25) is 0 Å². The lowest BCUT2D eigenvalue weighted by molar-refractivity contribution is 0.282. The fourth-order valence-electron chi connectivity index (χ4n) is 1.71. The second-order valence-corrected chi connectivity index (χ2v) is 3.44. The van der Waals surface area contributed by atoms with Crippen molar-refractivity contribution >= 4 is 23.4 Å². The fourth-order valence-corrected chi connectivity index (χ4v) is 1.71. The molecule has 0 spiro atoms. The number of rotatable bonds is 2. The molecule has 0 saturated heterocycles. The molecule has 2 aromatic rings. The van der Waals surface area contributed by atoms with Gasteiger partial charge in [0.05, 0.1) is 6.61 Å². The molecule has 0 amide bonds. The molecule has 0 saturated carbocycles. The predicted molar refractivity (Wildman–Crippen MR) is 59.7 cm³/mol. The minimum atomic E-state index is -1.51. The highest BCUT2D eigenvalue weighted by molar-refractivity contribution is 6.62. The molecule has 15 heavy (non-hydrogen) atoms. The van der Waals surface area contributed by atoms with Crippen molar-refractivity contribution in [2.45, 2.75) is 6.61 Å². The Balaban J connectivity index is 2.74. The smallest absolute Gasteiger partial charge is 0.423 e. The number of fused-ring (bicyclic) bond motifs is 1. The van der Waals surface area contributed by atoms with Gasteiger partial charge in [0.2, 0.25) is 0 Å². The normalized spacial score (nSPS) is 10.6. The van der Waals surface area contributed by atoms with E-state index in [9.17, 15) is 10.0 Å². The van der Waals surface area contributed by atoms with Crippen molar-refractivity contribution in [3.63, 3.8) is 0 Å². The lowest BCUT2D eigenvalue weighted by atomic mass is 9.76. The van der Waals surface area contributed by atoms with Gasteiger partial charge in [0.25, 0.3) is 0 Å². The van der Waals surface area contributed by atoms with E-state index in [1.807, 2.05) is 30.3 Å². The van der Waals surface area contributed by atoms with E-state index in [1.165, 1.54) is 0 Å². The third-order valence-electron chi connectivity index (χ3n) is 2.41. The van der Waals surface area contributed by atoms with Crippen LogP contribution in [0.4, 0.5) is 0 Å². The SMILES string of the molecule is OCc1cc(B(O)O)c2ccccc2c1. The molecule has 0 aliphatic heterocycles. The molecule has 2 aromatic carbocycles. The molecule has 0 radical (unpaired) electrons. The first-order valence-corrected chi connectivity index (χ1v) is 4.71. The molecule has 0 fully saturated rings. The van der Waals surface area contributed by atoms with Crippen LogP contribution in [-0.4, -0.2) is 22.3 Å². The third kappa shape index (κ3) is 1.87. The predicted octanol–water partition coefficient (Wildman–Crippen LogP) is 0.0119. The van der Waals surface area contributed by atoms with Crippen molar-refractivity contribution < 1.29 is 15.2 Å². The number of aliphatic hydroxyl groups is 1. The van der Waals surface area contributed by atoms with E-state index >= 15 is 0 Å². The van der Waals surface area contributed by atoms with Gasteiger partial charge < -0.3 is 15.2 Å². The van der Waals surface area contributed by atoms with Crippen LogP contribution in [0.1, 0.15) is 5.56 Å². The maximum atomic E-state index is 9.22. The minimum Gasteiger partial charge on any atom is -0.423 e. The first kappa shape index (κ1) is 10.2. The van der Waals surface area contributed by atoms with Crippen molar-refractivity contribution in [2.24, 2.45) is 0 Å². The van der Waals surface area contributed by atoms with Crippen LogP contribution >= 0.6 is 0 Å². The topological polar surface area (TPSA) is 60.7 Å². The average molecular weight is 202 g/mol. The van der Waals surface area contributed by atoms with Crippen molar-refractivity contribution in [3.8, 4) is 0 Å². The van der Waals surface area contributed by atoms with Gasteiger partial charge in [-0.1, -0.05) is 30.3 Å². The van der Waals surface area contributed by atoms with Crippen LogP contribution in [0.3, 0.4) is 0 Å². The summed E-state index contributed by atoms with van der Waals surface area (Å²) in [6.07, 6.45) is 0. The fraction of sp³-hybridized carbons (Fsp3) is 0.0909. The summed E-state index contributed by atoms with van der Waals surface area (Å²) in [5.74, 6) is 0. The highest BCUT2D eigenvalue weighted by Crippen LogP contribution is 2.14. The summed E-state index contributed by atoms with van der Waals surface area (Å²) >= 11 is 0. The van der Waals surface area contributed by atoms with E-state index in [2.05, 4.69) is 0 Å². The highest BCUT2D eigenvalue weighted by Gasteiger charge is 2.15. The van der Waals surface area contributed by atoms with E-state index in [0.29, 0.717) is 11.0 Å². The van der Waals surface area contributed by atoms with Crippen molar-refractivity contribution in [2.75, 3.05) is 0 Å². The molecule has 0 bridgehead atoms. The molecular formula is C11H11BO3. The number of hydrogen-bond donors (Lipinski definition) is 3. The van der Waals surface area contributed by atoms with Crippen LogP contribution in [0.15, 0.2) is 36.4 Å². The molecule has 0 heterocycles. The first-order chi connectivity index (χ1) is 7.22. The molecule has 3 nitrogen and oxygen atoms in total. The summed E-state index contributed by atoms with van der Waals surface area (Å²) < 4.78 is 0. The molecule has 76 valence electrons. The lowest BCUT2D eigenvalue weighted by Gasteiger charge is -2.08. The van der Waals surface area contributed by atoms with Crippen LogP contribution in [-0.2, 0) is 6.61 Å². The van der Waals surface area contributed by atoms with E-state index < -0.39 is 7.12 Å². The molecule has 0 aromatic heterocycles. The van der Waals surface area contributed by atoms with Gasteiger partial charge in [0, 0.05) is 0 Å². The summed E-state index contributed by atoms with van der Waals surface area (Å²) in [6, 6.07) is 10.9. The quantitative estimate of drug-likeness (QED) is 0.601. The Hall–Kier alpha value is -1.36. The minimum absolute atomic E-state index is 0.107. The zero-order valence-corrected chi connectivity index (χ0v) is 8.09. The van der Waals surface area contributed by atoms with Gasteiger partial charge in [0.1, 0.15) is 0 Å². The molecule has 0 aliphatic rings. The van der Waals surface area contributed by atoms with E-state index in [1.54, 1.807) is 6.07 Å². The molecule has 4 heteroatoms. The van der Waals surface area contributed by atoms with Gasteiger partial charge in [0.15, 0.2) is 0 Å². The zero-order valence-electron chi connectivity index (χ0n) is 8.09. The second kappa shape index (κ2) is 4.02. The van der Waals surface area contributed by atoms with E-state index in [0.717, 1.165) is 10.8 Å². The summed E-state index contributed by atoms with van der Waals surface area (Å²) in [7, 11) is -1.51. The first-order valence-electron chi connectivity index (χ1n) is 4.71. The standard InChI is InChI=1S/C11H11BO3/c13-7-8-5-9-3-1-2-4-10(9)11(6-8)12(14)15/h1-6,13-15H,7H2. The Morgan fingerprint density at radius 2 is 1.80 bits per heavy atom. The van der Waals surface area contributed by atoms with Crippen molar-refractivity contribution in [3.05, 3.63) is 42.0 Å². The van der Waals surface area contributed by atoms with Gasteiger partial charge in [-0.05, 0) is 27.9 Å². The second-order valence-electron chi connectivity index (χ2n) is 3.44. The maximum absolute atomic E-state index is 9.22. The molecule has 0 aliphatic carbocycles. The monoisotopic (exact) mass is 202 g/mol. The van der Waals surface area contributed by atoms with E-state index in [4.69, 9.17) is 5.11 Å². The van der Waals surface area contributed by atoms with E-state index in [-0.39, 0.29) is 6.61 Å². The molecule has 0 atom stereocenters. The maximum Gasteiger partial charge on any atom is 0.489 e. The summed E-state index contributed by atoms with van der Waals surface area (Å²) in [6.45, 7) is -0.107. The van der Waals surface area contributed by atoms with Gasteiger partial charge in [-0.2, -0.15) is 0 Å². The molecular weight excluding hydrogens is 191 g/mol. The van der Waals surface area contributed by atoms with Crippen LogP contribution in [0, 0.1) is 0 Å². The Kier molecular flexibility index (Phi) is 2.73. The Labute approximate surface area is 87.8 Å². The Bertz CT molecular complexity index is 482. The van der Waals surface area contributed by atoms with Crippen LogP contribution < -0.4 is 5.46 Å². The van der Waals surface area contributed by atoms with Gasteiger partial charge in [-0.15, -0.1) is 0 Å². The number of hydrogen-bond acceptors (Lipinski definition) is 3. The lowest BCUT2D eigenvalue weighted by Crippen LogP contribution is -2.30. The van der Waals surface area contributed by atoms with Crippen LogP contribution in [0.5, 0.6) is 0 Å². The molecule has 2 rings (SSSR count).